The first-order valence-corrected chi connectivity index (χ1v) is 6.49. The Kier molecular flexibility index (Phi) is 4.51. The molecule has 0 radical (unpaired) electrons. The number of hydrogen-bond acceptors (Lipinski definition) is 4. The minimum Gasteiger partial charge on any atom is -0.507 e. The van der Waals surface area contributed by atoms with E-state index in [1.165, 1.54) is 0 Å². The first kappa shape index (κ1) is 11.8. The van der Waals surface area contributed by atoms with E-state index < -0.39 is 0 Å². The van der Waals surface area contributed by atoms with Crippen molar-refractivity contribution < 1.29 is 14.6 Å². The SMILES string of the molecule is Oc1ccccc1SCCC1OCCCO1. The van der Waals surface area contributed by atoms with E-state index >= 15 is 0 Å². The third kappa shape index (κ3) is 3.40. The summed E-state index contributed by atoms with van der Waals surface area (Å²) in [6, 6.07) is 7.38. The number of hydrogen-bond donors (Lipinski definition) is 1. The van der Waals surface area contributed by atoms with Crippen molar-refractivity contribution in [2.45, 2.75) is 24.0 Å². The van der Waals surface area contributed by atoms with Gasteiger partial charge >= 0.3 is 0 Å². The van der Waals surface area contributed by atoms with Crippen LogP contribution in [0.25, 0.3) is 0 Å². The Labute approximate surface area is 99.8 Å². The summed E-state index contributed by atoms with van der Waals surface area (Å²) < 4.78 is 10.9. The molecule has 3 nitrogen and oxygen atoms in total. The van der Waals surface area contributed by atoms with Crippen LogP contribution in [0.5, 0.6) is 5.75 Å². The lowest BCUT2D eigenvalue weighted by atomic mass is 10.3. The monoisotopic (exact) mass is 240 g/mol. The van der Waals surface area contributed by atoms with Crippen molar-refractivity contribution in [3.8, 4) is 5.75 Å². The van der Waals surface area contributed by atoms with Crippen LogP contribution in [-0.4, -0.2) is 30.4 Å². The molecule has 0 amide bonds. The largest absolute Gasteiger partial charge is 0.507 e. The smallest absolute Gasteiger partial charge is 0.158 e. The van der Waals surface area contributed by atoms with Crippen molar-refractivity contribution in [2.75, 3.05) is 19.0 Å². The van der Waals surface area contributed by atoms with Gasteiger partial charge in [-0.25, -0.2) is 0 Å². The van der Waals surface area contributed by atoms with Crippen LogP contribution in [-0.2, 0) is 9.47 Å². The van der Waals surface area contributed by atoms with Crippen molar-refractivity contribution in [1.82, 2.24) is 0 Å². The molecular formula is C12H16O3S. The van der Waals surface area contributed by atoms with Gasteiger partial charge in [-0.2, -0.15) is 0 Å². The standard InChI is InChI=1S/C12H16O3S/c13-10-4-1-2-5-11(10)16-9-6-12-14-7-3-8-15-12/h1-2,4-5,12-13H,3,6-9H2. The maximum absolute atomic E-state index is 9.56. The van der Waals surface area contributed by atoms with Crippen LogP contribution in [0.3, 0.4) is 0 Å². The second kappa shape index (κ2) is 6.13. The molecule has 1 aliphatic rings. The topological polar surface area (TPSA) is 38.7 Å². The van der Waals surface area contributed by atoms with Gasteiger partial charge in [-0.15, -0.1) is 11.8 Å². The Morgan fingerprint density at radius 1 is 1.25 bits per heavy atom. The third-order valence-electron chi connectivity index (χ3n) is 2.37. The van der Waals surface area contributed by atoms with Gasteiger partial charge in [0.05, 0.1) is 13.2 Å². The van der Waals surface area contributed by atoms with Gasteiger partial charge in [0.25, 0.3) is 0 Å². The maximum Gasteiger partial charge on any atom is 0.158 e. The van der Waals surface area contributed by atoms with Crippen LogP contribution in [0.2, 0.25) is 0 Å². The van der Waals surface area contributed by atoms with E-state index in [9.17, 15) is 5.11 Å². The fourth-order valence-electron chi connectivity index (χ4n) is 1.55. The molecule has 0 bridgehead atoms. The molecule has 0 saturated carbocycles. The lowest BCUT2D eigenvalue weighted by molar-refractivity contribution is -0.178. The van der Waals surface area contributed by atoms with Gasteiger partial charge < -0.3 is 14.6 Å². The van der Waals surface area contributed by atoms with E-state index in [0.717, 1.165) is 36.7 Å². The quantitative estimate of drug-likeness (QED) is 0.821. The van der Waals surface area contributed by atoms with Gasteiger partial charge in [0.2, 0.25) is 0 Å². The molecule has 0 aromatic heterocycles. The van der Waals surface area contributed by atoms with Crippen molar-refractivity contribution in [3.05, 3.63) is 24.3 Å². The second-order valence-electron chi connectivity index (χ2n) is 3.63. The summed E-state index contributed by atoms with van der Waals surface area (Å²) in [5.41, 5.74) is 0. The normalized spacial score (nSPS) is 17.5. The van der Waals surface area contributed by atoms with Crippen molar-refractivity contribution >= 4 is 11.8 Å². The molecule has 1 N–H and O–H groups in total. The highest BCUT2D eigenvalue weighted by molar-refractivity contribution is 7.99. The van der Waals surface area contributed by atoms with Crippen molar-refractivity contribution in [1.29, 1.82) is 0 Å². The van der Waals surface area contributed by atoms with Gasteiger partial charge in [-0.1, -0.05) is 12.1 Å². The number of phenolic OH excluding ortho intramolecular Hbond substituents is 1. The zero-order valence-electron chi connectivity index (χ0n) is 9.09. The predicted octanol–water partition coefficient (Wildman–Crippen LogP) is 2.64. The minimum atomic E-state index is -0.0629. The van der Waals surface area contributed by atoms with E-state index in [1.54, 1.807) is 17.8 Å². The van der Waals surface area contributed by atoms with Crippen LogP contribution < -0.4 is 0 Å². The van der Waals surface area contributed by atoms with Crippen LogP contribution in [0.1, 0.15) is 12.8 Å². The molecule has 1 aliphatic heterocycles. The predicted molar refractivity (Wildman–Crippen MR) is 63.8 cm³/mol. The first-order chi connectivity index (χ1) is 7.86. The van der Waals surface area contributed by atoms with Crippen LogP contribution in [0.4, 0.5) is 0 Å². The molecule has 0 unspecified atom stereocenters. The number of rotatable bonds is 4. The summed E-state index contributed by atoms with van der Waals surface area (Å²) in [6.07, 6.45) is 1.79. The van der Waals surface area contributed by atoms with Gasteiger partial charge in [0, 0.05) is 17.1 Å². The summed E-state index contributed by atoms with van der Waals surface area (Å²) in [4.78, 5) is 0.915. The Bertz CT molecular complexity index is 324. The molecule has 16 heavy (non-hydrogen) atoms. The van der Waals surface area contributed by atoms with Crippen LogP contribution >= 0.6 is 11.8 Å². The zero-order valence-corrected chi connectivity index (χ0v) is 9.91. The Morgan fingerprint density at radius 2 is 2.00 bits per heavy atom. The first-order valence-electron chi connectivity index (χ1n) is 5.50. The summed E-state index contributed by atoms with van der Waals surface area (Å²) in [6.45, 7) is 1.60. The highest BCUT2D eigenvalue weighted by Gasteiger charge is 2.13. The molecule has 88 valence electrons. The fourth-order valence-corrected chi connectivity index (χ4v) is 2.47. The highest BCUT2D eigenvalue weighted by Crippen LogP contribution is 2.28. The average molecular weight is 240 g/mol. The maximum atomic E-state index is 9.56. The fraction of sp³-hybridized carbons (Fsp3) is 0.500. The molecule has 2 rings (SSSR count). The van der Waals surface area contributed by atoms with E-state index in [-0.39, 0.29) is 6.29 Å². The number of aromatic hydroxyl groups is 1. The second-order valence-corrected chi connectivity index (χ2v) is 4.77. The van der Waals surface area contributed by atoms with E-state index in [1.807, 2.05) is 18.2 Å². The summed E-state index contributed by atoms with van der Waals surface area (Å²) in [7, 11) is 0. The molecule has 1 heterocycles. The summed E-state index contributed by atoms with van der Waals surface area (Å²) >= 11 is 1.63. The number of phenols is 1. The average Bonchev–Trinajstić information content (AvgIpc) is 2.33. The molecule has 1 aromatic carbocycles. The Hall–Kier alpha value is -0.710. The molecule has 4 heteroatoms. The molecule has 0 aliphatic carbocycles. The third-order valence-corrected chi connectivity index (χ3v) is 3.47. The Morgan fingerprint density at radius 3 is 2.75 bits per heavy atom. The molecule has 0 atom stereocenters. The zero-order chi connectivity index (χ0) is 11.2. The number of benzene rings is 1. The van der Waals surface area contributed by atoms with E-state index in [0.29, 0.717) is 5.75 Å². The van der Waals surface area contributed by atoms with E-state index in [2.05, 4.69) is 0 Å². The lowest BCUT2D eigenvalue weighted by Gasteiger charge is -2.22. The van der Waals surface area contributed by atoms with Crippen molar-refractivity contribution in [2.24, 2.45) is 0 Å². The van der Waals surface area contributed by atoms with Gasteiger partial charge in [0.15, 0.2) is 6.29 Å². The minimum absolute atomic E-state index is 0.0629. The molecule has 1 aromatic rings. The lowest BCUT2D eigenvalue weighted by Crippen LogP contribution is -2.25. The van der Waals surface area contributed by atoms with Gasteiger partial charge in [-0.3, -0.25) is 0 Å². The number of ether oxygens (including phenoxy) is 2. The molecule has 1 fully saturated rings. The molecular weight excluding hydrogens is 224 g/mol. The Balaban J connectivity index is 1.73. The van der Waals surface area contributed by atoms with E-state index in [4.69, 9.17) is 9.47 Å². The van der Waals surface area contributed by atoms with Gasteiger partial charge in [0.1, 0.15) is 5.75 Å². The van der Waals surface area contributed by atoms with Crippen LogP contribution in [0.15, 0.2) is 29.2 Å². The number of para-hydroxylation sites is 1. The van der Waals surface area contributed by atoms with Gasteiger partial charge in [-0.05, 0) is 18.6 Å². The molecule has 0 spiro atoms. The molecule has 1 saturated heterocycles. The number of thioether (sulfide) groups is 1. The summed E-state index contributed by atoms with van der Waals surface area (Å²) in [5.74, 6) is 1.24. The summed E-state index contributed by atoms with van der Waals surface area (Å²) in [5, 5.41) is 9.56. The highest BCUT2D eigenvalue weighted by atomic mass is 32.2. The van der Waals surface area contributed by atoms with Crippen LogP contribution in [0, 0.1) is 0 Å². The van der Waals surface area contributed by atoms with Crippen molar-refractivity contribution in [3.63, 3.8) is 0 Å².